The maximum absolute atomic E-state index is 12.3. The van der Waals surface area contributed by atoms with Gasteiger partial charge in [-0.15, -0.1) is 0 Å². The van der Waals surface area contributed by atoms with E-state index in [0.29, 0.717) is 17.2 Å². The first kappa shape index (κ1) is 19.1. The van der Waals surface area contributed by atoms with E-state index in [1.54, 1.807) is 18.5 Å². The summed E-state index contributed by atoms with van der Waals surface area (Å²) >= 11 is 9.20. The van der Waals surface area contributed by atoms with Crippen LogP contribution in [0.1, 0.15) is 23.2 Å². The number of carbonyl (C=O) groups is 1. The molecule has 1 fully saturated rings. The van der Waals surface area contributed by atoms with Crippen LogP contribution in [0.4, 0.5) is 0 Å². The van der Waals surface area contributed by atoms with Crippen molar-refractivity contribution in [3.8, 4) is 5.75 Å². The first-order valence-electron chi connectivity index (χ1n) is 8.62. The van der Waals surface area contributed by atoms with Crippen LogP contribution in [0.5, 0.6) is 5.75 Å². The molecule has 2 heterocycles. The summed E-state index contributed by atoms with van der Waals surface area (Å²) in [5.74, 6) is 0.766. The van der Waals surface area contributed by atoms with Gasteiger partial charge >= 0.3 is 0 Å². The standard InChI is InChI=1S/C19H21BrClN3O2/c20-15-11-14(12-22-13-15)19(25)23-17-5-7-24(8-6-17)9-10-26-18-3-1-16(21)2-4-18/h1-4,11-13,17H,5-10H2,(H,23,25). The number of amides is 1. The Labute approximate surface area is 166 Å². The average molecular weight is 439 g/mol. The van der Waals surface area contributed by atoms with E-state index in [4.69, 9.17) is 16.3 Å². The number of carbonyl (C=O) groups excluding carboxylic acids is 1. The van der Waals surface area contributed by atoms with Crippen LogP contribution >= 0.6 is 27.5 Å². The van der Waals surface area contributed by atoms with Gasteiger partial charge in [-0.05, 0) is 59.1 Å². The summed E-state index contributed by atoms with van der Waals surface area (Å²) in [7, 11) is 0. The second kappa shape index (κ2) is 9.35. The molecule has 0 saturated carbocycles. The van der Waals surface area contributed by atoms with Crippen molar-refractivity contribution in [3.05, 3.63) is 57.8 Å². The minimum atomic E-state index is -0.0664. The van der Waals surface area contributed by atoms with Crippen molar-refractivity contribution < 1.29 is 9.53 Å². The van der Waals surface area contributed by atoms with Gasteiger partial charge in [-0.2, -0.15) is 0 Å². The van der Waals surface area contributed by atoms with Crippen molar-refractivity contribution in [2.45, 2.75) is 18.9 Å². The number of likely N-dealkylation sites (tertiary alicyclic amines) is 1. The zero-order valence-electron chi connectivity index (χ0n) is 14.3. The van der Waals surface area contributed by atoms with Gasteiger partial charge in [0.25, 0.3) is 5.91 Å². The van der Waals surface area contributed by atoms with Crippen molar-refractivity contribution in [2.75, 3.05) is 26.2 Å². The van der Waals surface area contributed by atoms with Gasteiger partial charge in [-0.1, -0.05) is 11.6 Å². The molecule has 0 atom stereocenters. The van der Waals surface area contributed by atoms with Crippen molar-refractivity contribution in [3.63, 3.8) is 0 Å². The molecule has 1 aliphatic rings. The number of hydrogen-bond acceptors (Lipinski definition) is 4. The van der Waals surface area contributed by atoms with E-state index in [2.05, 4.69) is 31.1 Å². The molecule has 0 unspecified atom stereocenters. The number of hydrogen-bond donors (Lipinski definition) is 1. The topological polar surface area (TPSA) is 54.5 Å². The lowest BCUT2D eigenvalue weighted by Crippen LogP contribution is -2.45. The molecule has 1 saturated heterocycles. The Hall–Kier alpha value is -1.63. The average Bonchev–Trinajstić information content (AvgIpc) is 2.65. The zero-order chi connectivity index (χ0) is 18.4. The highest BCUT2D eigenvalue weighted by Crippen LogP contribution is 2.16. The van der Waals surface area contributed by atoms with Crippen LogP contribution in [0.3, 0.4) is 0 Å². The Kier molecular flexibility index (Phi) is 6.88. The third kappa shape index (κ3) is 5.69. The van der Waals surface area contributed by atoms with Crippen LogP contribution in [0, 0.1) is 0 Å². The zero-order valence-corrected chi connectivity index (χ0v) is 16.7. The second-order valence-electron chi connectivity index (χ2n) is 6.28. The molecule has 26 heavy (non-hydrogen) atoms. The molecule has 1 aromatic carbocycles. The molecule has 0 bridgehead atoms. The Balaban J connectivity index is 1.37. The van der Waals surface area contributed by atoms with E-state index in [0.717, 1.165) is 42.7 Å². The minimum absolute atomic E-state index is 0.0664. The Morgan fingerprint density at radius 2 is 2.00 bits per heavy atom. The molecule has 138 valence electrons. The van der Waals surface area contributed by atoms with Gasteiger partial charge in [0, 0.05) is 47.6 Å². The monoisotopic (exact) mass is 437 g/mol. The number of rotatable bonds is 6. The third-order valence-corrected chi connectivity index (χ3v) is 5.07. The first-order chi connectivity index (χ1) is 12.6. The molecule has 0 aliphatic carbocycles. The van der Waals surface area contributed by atoms with Crippen LogP contribution in [0.15, 0.2) is 47.2 Å². The van der Waals surface area contributed by atoms with Gasteiger partial charge in [0.15, 0.2) is 0 Å². The second-order valence-corrected chi connectivity index (χ2v) is 7.64. The summed E-state index contributed by atoms with van der Waals surface area (Å²) < 4.78 is 6.55. The molecule has 3 rings (SSSR count). The molecule has 1 aliphatic heterocycles. The molecule has 7 heteroatoms. The Bertz CT molecular complexity index is 734. The number of ether oxygens (including phenoxy) is 1. The maximum Gasteiger partial charge on any atom is 0.253 e. The van der Waals surface area contributed by atoms with E-state index in [1.165, 1.54) is 0 Å². The van der Waals surface area contributed by atoms with Crippen molar-refractivity contribution >= 4 is 33.4 Å². The summed E-state index contributed by atoms with van der Waals surface area (Å²) in [4.78, 5) is 18.7. The molecule has 1 N–H and O–H groups in total. The summed E-state index contributed by atoms with van der Waals surface area (Å²) in [6, 6.07) is 9.39. The SMILES string of the molecule is O=C(NC1CCN(CCOc2ccc(Cl)cc2)CC1)c1cncc(Br)c1. The fraction of sp³-hybridized carbons (Fsp3) is 0.368. The fourth-order valence-corrected chi connectivity index (χ4v) is 3.42. The quantitative estimate of drug-likeness (QED) is 0.746. The van der Waals surface area contributed by atoms with Gasteiger partial charge in [0.1, 0.15) is 12.4 Å². The third-order valence-electron chi connectivity index (χ3n) is 4.38. The van der Waals surface area contributed by atoms with E-state index in [9.17, 15) is 4.79 Å². The maximum atomic E-state index is 12.3. The van der Waals surface area contributed by atoms with E-state index >= 15 is 0 Å². The number of pyridine rings is 1. The van der Waals surface area contributed by atoms with Crippen molar-refractivity contribution in [1.29, 1.82) is 0 Å². The molecular weight excluding hydrogens is 418 g/mol. The number of nitrogens with zero attached hydrogens (tertiary/aromatic N) is 2. The molecule has 1 aromatic heterocycles. The normalized spacial score (nSPS) is 15.6. The predicted molar refractivity (Wildman–Crippen MR) is 106 cm³/mol. The fourth-order valence-electron chi connectivity index (χ4n) is 2.93. The molecule has 1 amide bonds. The van der Waals surface area contributed by atoms with E-state index in [1.807, 2.05) is 24.3 Å². The highest BCUT2D eigenvalue weighted by Gasteiger charge is 2.21. The molecule has 2 aromatic rings. The van der Waals surface area contributed by atoms with Gasteiger partial charge in [0.2, 0.25) is 0 Å². The Morgan fingerprint density at radius 3 is 2.69 bits per heavy atom. The highest BCUT2D eigenvalue weighted by atomic mass is 79.9. The van der Waals surface area contributed by atoms with Crippen LogP contribution in [-0.2, 0) is 0 Å². The summed E-state index contributed by atoms with van der Waals surface area (Å²) in [6.45, 7) is 3.42. The van der Waals surface area contributed by atoms with Gasteiger partial charge in [-0.25, -0.2) is 0 Å². The lowest BCUT2D eigenvalue weighted by molar-refractivity contribution is 0.0905. The molecule has 0 radical (unpaired) electrons. The van der Waals surface area contributed by atoms with Gasteiger partial charge < -0.3 is 10.1 Å². The highest BCUT2D eigenvalue weighted by molar-refractivity contribution is 9.10. The van der Waals surface area contributed by atoms with E-state index < -0.39 is 0 Å². The molecular formula is C19H21BrClN3O2. The smallest absolute Gasteiger partial charge is 0.253 e. The Morgan fingerprint density at radius 1 is 1.27 bits per heavy atom. The van der Waals surface area contributed by atoms with Crippen LogP contribution < -0.4 is 10.1 Å². The first-order valence-corrected chi connectivity index (χ1v) is 9.79. The largest absolute Gasteiger partial charge is 0.492 e. The number of piperidine rings is 1. The van der Waals surface area contributed by atoms with Crippen molar-refractivity contribution in [1.82, 2.24) is 15.2 Å². The summed E-state index contributed by atoms with van der Waals surface area (Å²) in [6.07, 6.45) is 5.13. The van der Waals surface area contributed by atoms with Gasteiger partial charge in [0.05, 0.1) is 5.56 Å². The molecule has 0 spiro atoms. The van der Waals surface area contributed by atoms with Crippen LogP contribution in [-0.4, -0.2) is 48.1 Å². The number of halogens is 2. The molecule has 5 nitrogen and oxygen atoms in total. The predicted octanol–water partition coefficient (Wildman–Crippen LogP) is 3.77. The van der Waals surface area contributed by atoms with Crippen LogP contribution in [0.25, 0.3) is 0 Å². The number of aromatic nitrogens is 1. The minimum Gasteiger partial charge on any atom is -0.492 e. The lowest BCUT2D eigenvalue weighted by Gasteiger charge is -2.32. The summed E-state index contributed by atoms with van der Waals surface area (Å²) in [5, 5.41) is 3.81. The van der Waals surface area contributed by atoms with Crippen LogP contribution in [0.2, 0.25) is 5.02 Å². The number of nitrogens with one attached hydrogen (secondary N) is 1. The van der Waals surface area contributed by atoms with E-state index in [-0.39, 0.29) is 11.9 Å². The van der Waals surface area contributed by atoms with Gasteiger partial charge in [-0.3, -0.25) is 14.7 Å². The van der Waals surface area contributed by atoms with Crippen molar-refractivity contribution in [2.24, 2.45) is 0 Å². The number of benzene rings is 1. The lowest BCUT2D eigenvalue weighted by atomic mass is 10.0. The summed E-state index contributed by atoms with van der Waals surface area (Å²) in [5.41, 5.74) is 0.582.